The molecule has 1 saturated heterocycles. The molecule has 0 aromatic heterocycles. The van der Waals surface area contributed by atoms with Gasteiger partial charge in [0, 0.05) is 23.1 Å². The molecule has 0 bridgehead atoms. The van der Waals surface area contributed by atoms with Crippen LogP contribution in [0.25, 0.3) is 0 Å². The quantitative estimate of drug-likeness (QED) is 0.651. The molecular weight excluding hydrogens is 460 g/mol. The van der Waals surface area contributed by atoms with E-state index in [1.54, 1.807) is 24.3 Å². The number of halogens is 2. The molecule has 1 atom stereocenters. The van der Waals surface area contributed by atoms with E-state index in [0.717, 1.165) is 15.6 Å². The van der Waals surface area contributed by atoms with Crippen LogP contribution in [0.3, 0.4) is 0 Å². The molecule has 8 heteroatoms. The summed E-state index contributed by atoms with van der Waals surface area (Å²) in [6, 6.07) is 10.7. The molecule has 0 spiro atoms. The van der Waals surface area contributed by atoms with E-state index < -0.39 is 24.4 Å². The average Bonchev–Trinajstić information content (AvgIpc) is 3.04. The lowest BCUT2D eigenvalue weighted by Gasteiger charge is -2.17. The van der Waals surface area contributed by atoms with Crippen molar-refractivity contribution in [2.45, 2.75) is 20.3 Å². The molecule has 3 rings (SSSR count). The third kappa shape index (κ3) is 4.97. The van der Waals surface area contributed by atoms with Gasteiger partial charge in [0.25, 0.3) is 5.91 Å². The topological polar surface area (TPSA) is 75.7 Å². The van der Waals surface area contributed by atoms with Crippen molar-refractivity contribution in [3.05, 3.63) is 57.0 Å². The van der Waals surface area contributed by atoms with E-state index in [9.17, 15) is 14.4 Å². The monoisotopic (exact) mass is 478 g/mol. The van der Waals surface area contributed by atoms with Gasteiger partial charge in [0.15, 0.2) is 6.61 Å². The summed E-state index contributed by atoms with van der Waals surface area (Å²) in [5, 5.41) is 3.21. The van der Waals surface area contributed by atoms with Crippen molar-refractivity contribution in [1.29, 1.82) is 0 Å². The normalized spacial score (nSPS) is 16.1. The number of esters is 1. The number of para-hydroxylation sites is 1. The molecule has 1 fully saturated rings. The fraction of sp³-hybridized carbons (Fsp3) is 0.286. The Morgan fingerprint density at radius 3 is 2.55 bits per heavy atom. The third-order valence-corrected chi connectivity index (χ3v) is 5.49. The Morgan fingerprint density at radius 1 is 1.24 bits per heavy atom. The van der Waals surface area contributed by atoms with Crippen molar-refractivity contribution in [3.63, 3.8) is 0 Å². The summed E-state index contributed by atoms with van der Waals surface area (Å²) in [5.41, 5.74) is 3.05. The smallest absolute Gasteiger partial charge is 0.311 e. The molecule has 6 nitrogen and oxygen atoms in total. The van der Waals surface area contributed by atoms with Gasteiger partial charge < -0.3 is 15.0 Å². The van der Waals surface area contributed by atoms with Crippen LogP contribution in [0.2, 0.25) is 5.02 Å². The summed E-state index contributed by atoms with van der Waals surface area (Å²) in [4.78, 5) is 38.4. The molecule has 1 aliphatic heterocycles. The molecule has 1 N–H and O–H groups in total. The Labute approximate surface area is 182 Å². The molecule has 2 aromatic rings. The largest absolute Gasteiger partial charge is 0.455 e. The first-order valence-electron chi connectivity index (χ1n) is 9.04. The van der Waals surface area contributed by atoms with Crippen molar-refractivity contribution >= 4 is 56.7 Å². The van der Waals surface area contributed by atoms with Gasteiger partial charge in [0.05, 0.1) is 16.6 Å². The van der Waals surface area contributed by atoms with E-state index in [-0.39, 0.29) is 18.9 Å². The fourth-order valence-electron chi connectivity index (χ4n) is 3.31. The van der Waals surface area contributed by atoms with Gasteiger partial charge in [0.2, 0.25) is 5.91 Å². The number of aryl methyl sites for hydroxylation is 2. The number of benzene rings is 2. The van der Waals surface area contributed by atoms with Crippen LogP contribution in [0.5, 0.6) is 0 Å². The standard InChI is InChI=1S/C21H20BrClN2O4/c1-12-7-15(22)8-13(2)20(12)24-18(26)11-29-21(28)14-9-19(27)25(10-14)17-6-4-3-5-16(17)23/h3-8,14H,9-11H2,1-2H3,(H,24,26). The minimum absolute atomic E-state index is 0.0244. The van der Waals surface area contributed by atoms with Crippen LogP contribution in [0.15, 0.2) is 40.9 Å². The number of amides is 2. The first-order chi connectivity index (χ1) is 13.8. The number of carbonyl (C=O) groups excluding carboxylic acids is 3. The zero-order valence-corrected chi connectivity index (χ0v) is 18.3. The van der Waals surface area contributed by atoms with Crippen molar-refractivity contribution in [2.75, 3.05) is 23.4 Å². The Morgan fingerprint density at radius 2 is 1.90 bits per heavy atom. The van der Waals surface area contributed by atoms with Gasteiger partial charge in [-0.25, -0.2) is 0 Å². The molecule has 2 amide bonds. The highest BCUT2D eigenvalue weighted by molar-refractivity contribution is 9.10. The number of hydrogen-bond acceptors (Lipinski definition) is 4. The lowest BCUT2D eigenvalue weighted by Crippen LogP contribution is -2.28. The second-order valence-corrected chi connectivity index (χ2v) is 8.25. The first-order valence-corrected chi connectivity index (χ1v) is 10.2. The SMILES string of the molecule is Cc1cc(Br)cc(C)c1NC(=O)COC(=O)C1CC(=O)N(c2ccccc2Cl)C1. The van der Waals surface area contributed by atoms with Gasteiger partial charge in [-0.15, -0.1) is 0 Å². The van der Waals surface area contributed by atoms with Crippen molar-refractivity contribution < 1.29 is 19.1 Å². The molecule has 1 unspecified atom stereocenters. The van der Waals surface area contributed by atoms with E-state index in [1.165, 1.54) is 4.90 Å². The van der Waals surface area contributed by atoms with E-state index in [2.05, 4.69) is 21.2 Å². The molecule has 0 aliphatic carbocycles. The number of rotatable bonds is 5. The molecular formula is C21H20BrClN2O4. The van der Waals surface area contributed by atoms with E-state index in [1.807, 2.05) is 26.0 Å². The predicted octanol–water partition coefficient (Wildman–Crippen LogP) is 4.25. The van der Waals surface area contributed by atoms with Gasteiger partial charge in [0.1, 0.15) is 0 Å². The zero-order chi connectivity index (χ0) is 21.1. The molecule has 1 aliphatic rings. The Bertz CT molecular complexity index is 956. The number of carbonyl (C=O) groups is 3. The van der Waals surface area contributed by atoms with Gasteiger partial charge in [-0.2, -0.15) is 0 Å². The second-order valence-electron chi connectivity index (χ2n) is 6.93. The molecule has 152 valence electrons. The van der Waals surface area contributed by atoms with Crippen LogP contribution in [-0.4, -0.2) is 30.9 Å². The minimum Gasteiger partial charge on any atom is -0.455 e. The number of ether oxygens (including phenoxy) is 1. The van der Waals surface area contributed by atoms with Gasteiger partial charge in [-0.1, -0.05) is 39.7 Å². The average molecular weight is 480 g/mol. The van der Waals surface area contributed by atoms with E-state index in [4.69, 9.17) is 16.3 Å². The summed E-state index contributed by atoms with van der Waals surface area (Å²) < 4.78 is 6.08. The van der Waals surface area contributed by atoms with Crippen LogP contribution >= 0.6 is 27.5 Å². The highest BCUT2D eigenvalue weighted by atomic mass is 79.9. The minimum atomic E-state index is -0.636. The van der Waals surface area contributed by atoms with Crippen molar-refractivity contribution in [1.82, 2.24) is 0 Å². The van der Waals surface area contributed by atoms with Crippen molar-refractivity contribution in [2.24, 2.45) is 5.92 Å². The Hall–Kier alpha value is -2.38. The predicted molar refractivity (Wildman–Crippen MR) is 115 cm³/mol. The molecule has 1 heterocycles. The van der Waals surface area contributed by atoms with Crippen LogP contribution in [-0.2, 0) is 19.1 Å². The highest BCUT2D eigenvalue weighted by Crippen LogP contribution is 2.31. The van der Waals surface area contributed by atoms with Crippen LogP contribution in [0.4, 0.5) is 11.4 Å². The fourth-order valence-corrected chi connectivity index (χ4v) is 4.23. The summed E-state index contributed by atoms with van der Waals surface area (Å²) in [5.74, 6) is -1.85. The van der Waals surface area contributed by atoms with Crippen LogP contribution < -0.4 is 10.2 Å². The highest BCUT2D eigenvalue weighted by Gasteiger charge is 2.37. The molecule has 29 heavy (non-hydrogen) atoms. The van der Waals surface area contributed by atoms with Gasteiger partial charge in [-0.3, -0.25) is 14.4 Å². The number of nitrogens with zero attached hydrogens (tertiary/aromatic N) is 1. The summed E-state index contributed by atoms with van der Waals surface area (Å²) in [6.07, 6.45) is 0.0244. The van der Waals surface area contributed by atoms with Crippen LogP contribution in [0.1, 0.15) is 17.5 Å². The lowest BCUT2D eigenvalue weighted by molar-refractivity contribution is -0.151. The summed E-state index contributed by atoms with van der Waals surface area (Å²) >= 11 is 9.56. The maximum Gasteiger partial charge on any atom is 0.311 e. The second kappa shape index (κ2) is 8.97. The van der Waals surface area contributed by atoms with Gasteiger partial charge >= 0.3 is 5.97 Å². The molecule has 0 radical (unpaired) electrons. The Kier molecular flexibility index (Phi) is 6.59. The number of hydrogen-bond donors (Lipinski definition) is 1. The number of anilines is 2. The summed E-state index contributed by atoms with van der Waals surface area (Å²) in [6.45, 7) is 3.53. The number of nitrogens with one attached hydrogen (secondary N) is 1. The van der Waals surface area contributed by atoms with Crippen LogP contribution in [0, 0.1) is 19.8 Å². The van der Waals surface area contributed by atoms with E-state index >= 15 is 0 Å². The Balaban J connectivity index is 1.57. The molecule has 2 aromatic carbocycles. The maximum atomic E-state index is 12.4. The molecule has 0 saturated carbocycles. The van der Waals surface area contributed by atoms with Crippen molar-refractivity contribution in [3.8, 4) is 0 Å². The zero-order valence-electron chi connectivity index (χ0n) is 16.0. The first kappa shape index (κ1) is 21.3. The maximum absolute atomic E-state index is 12.4. The van der Waals surface area contributed by atoms with Gasteiger partial charge in [-0.05, 0) is 49.2 Å². The van der Waals surface area contributed by atoms with E-state index in [0.29, 0.717) is 16.4 Å². The summed E-state index contributed by atoms with van der Waals surface area (Å²) in [7, 11) is 0. The lowest BCUT2D eigenvalue weighted by atomic mass is 10.1. The third-order valence-electron chi connectivity index (χ3n) is 4.71.